The van der Waals surface area contributed by atoms with Crippen molar-refractivity contribution in [2.45, 2.75) is 44.8 Å². The van der Waals surface area contributed by atoms with Crippen LogP contribution in [0.2, 0.25) is 0 Å². The van der Waals surface area contributed by atoms with Crippen molar-refractivity contribution in [2.24, 2.45) is 0 Å². The van der Waals surface area contributed by atoms with Crippen LogP contribution in [-0.2, 0) is 4.74 Å². The number of ether oxygens (including phenoxy) is 1. The van der Waals surface area contributed by atoms with Gasteiger partial charge in [0.25, 0.3) is 0 Å². The molecular formula is C15H21F2NO. The number of hydrogen-bond donors (Lipinski definition) is 1. The summed E-state index contributed by atoms with van der Waals surface area (Å²) in [4.78, 5) is 0. The average Bonchev–Trinajstić information content (AvgIpc) is 2.38. The summed E-state index contributed by atoms with van der Waals surface area (Å²) in [7, 11) is 0. The first-order valence-corrected chi connectivity index (χ1v) is 6.89. The average molecular weight is 269 g/mol. The van der Waals surface area contributed by atoms with Gasteiger partial charge in [-0.3, -0.25) is 0 Å². The van der Waals surface area contributed by atoms with E-state index in [0.29, 0.717) is 18.7 Å². The lowest BCUT2D eigenvalue weighted by Gasteiger charge is -2.41. The van der Waals surface area contributed by atoms with Crippen LogP contribution in [0.25, 0.3) is 0 Å². The highest BCUT2D eigenvalue weighted by atomic mass is 19.1. The monoisotopic (exact) mass is 269 g/mol. The number of nitrogens with one attached hydrogen (secondary N) is 1. The Morgan fingerprint density at radius 2 is 2.16 bits per heavy atom. The Morgan fingerprint density at radius 1 is 1.37 bits per heavy atom. The molecule has 1 aromatic carbocycles. The quantitative estimate of drug-likeness (QED) is 0.902. The van der Waals surface area contributed by atoms with E-state index < -0.39 is 17.2 Å². The molecule has 0 bridgehead atoms. The first kappa shape index (κ1) is 14.4. The number of halogens is 2. The van der Waals surface area contributed by atoms with Gasteiger partial charge in [-0.15, -0.1) is 0 Å². The molecule has 1 aliphatic heterocycles. The maximum atomic E-state index is 14.0. The molecule has 1 aromatic rings. The summed E-state index contributed by atoms with van der Waals surface area (Å²) in [6.07, 6.45) is 2.99. The van der Waals surface area contributed by atoms with Crippen LogP contribution in [0, 0.1) is 11.6 Å². The van der Waals surface area contributed by atoms with Crippen molar-refractivity contribution in [3.63, 3.8) is 0 Å². The molecule has 1 saturated heterocycles. The zero-order valence-electron chi connectivity index (χ0n) is 11.5. The second-order valence-corrected chi connectivity index (χ2v) is 5.27. The SMILES string of the molecule is CCNC(c1ccc(F)cc1F)C1(C)CCCCO1. The van der Waals surface area contributed by atoms with Gasteiger partial charge in [0, 0.05) is 18.2 Å². The maximum absolute atomic E-state index is 14.0. The fourth-order valence-corrected chi connectivity index (χ4v) is 2.78. The van der Waals surface area contributed by atoms with Crippen LogP contribution in [0.1, 0.15) is 44.7 Å². The predicted octanol–water partition coefficient (Wildman–Crippen LogP) is 3.57. The van der Waals surface area contributed by atoms with Crippen molar-refractivity contribution in [1.29, 1.82) is 0 Å². The standard InChI is InChI=1S/C15H21F2NO/c1-3-18-14(15(2)8-4-5-9-19-15)12-7-6-11(16)10-13(12)17/h6-7,10,14,18H,3-5,8-9H2,1-2H3. The van der Waals surface area contributed by atoms with Crippen LogP contribution in [-0.4, -0.2) is 18.8 Å². The van der Waals surface area contributed by atoms with Gasteiger partial charge in [0.05, 0.1) is 11.6 Å². The Balaban J connectivity index is 2.33. The zero-order chi connectivity index (χ0) is 13.9. The Kier molecular flexibility index (Phi) is 4.53. The minimum absolute atomic E-state index is 0.251. The van der Waals surface area contributed by atoms with Crippen molar-refractivity contribution in [3.05, 3.63) is 35.4 Å². The molecule has 2 nitrogen and oxygen atoms in total. The first-order valence-electron chi connectivity index (χ1n) is 6.89. The molecule has 0 amide bonds. The topological polar surface area (TPSA) is 21.3 Å². The molecule has 2 rings (SSSR count). The highest BCUT2D eigenvalue weighted by Crippen LogP contribution is 2.37. The number of benzene rings is 1. The van der Waals surface area contributed by atoms with E-state index >= 15 is 0 Å². The van der Waals surface area contributed by atoms with Crippen LogP contribution in [0.5, 0.6) is 0 Å². The largest absolute Gasteiger partial charge is 0.373 e. The van der Waals surface area contributed by atoms with Gasteiger partial charge in [0.1, 0.15) is 11.6 Å². The molecule has 1 aliphatic rings. The lowest BCUT2D eigenvalue weighted by molar-refractivity contribution is -0.0901. The molecule has 0 spiro atoms. The molecule has 1 N–H and O–H groups in total. The van der Waals surface area contributed by atoms with Crippen LogP contribution in [0.3, 0.4) is 0 Å². The molecule has 0 saturated carbocycles. The van der Waals surface area contributed by atoms with Crippen molar-refractivity contribution < 1.29 is 13.5 Å². The maximum Gasteiger partial charge on any atom is 0.131 e. The molecule has 19 heavy (non-hydrogen) atoms. The van der Waals surface area contributed by atoms with Gasteiger partial charge in [0.2, 0.25) is 0 Å². The second-order valence-electron chi connectivity index (χ2n) is 5.27. The minimum atomic E-state index is -0.550. The molecule has 0 aromatic heterocycles. The molecule has 1 fully saturated rings. The van der Waals surface area contributed by atoms with E-state index in [4.69, 9.17) is 4.74 Å². The van der Waals surface area contributed by atoms with Gasteiger partial charge >= 0.3 is 0 Å². The van der Waals surface area contributed by atoms with Crippen LogP contribution in [0.4, 0.5) is 8.78 Å². The molecular weight excluding hydrogens is 248 g/mol. The number of hydrogen-bond acceptors (Lipinski definition) is 2. The summed E-state index contributed by atoms with van der Waals surface area (Å²) in [5, 5.41) is 3.28. The van der Waals surface area contributed by atoms with E-state index in [9.17, 15) is 8.78 Å². The summed E-state index contributed by atoms with van der Waals surface area (Å²) in [6, 6.07) is 3.50. The van der Waals surface area contributed by atoms with Crippen molar-refractivity contribution >= 4 is 0 Å². The summed E-state index contributed by atoms with van der Waals surface area (Å²) in [5.41, 5.74) is 0.0417. The highest BCUT2D eigenvalue weighted by molar-refractivity contribution is 5.25. The normalized spacial score (nSPS) is 25.3. The molecule has 106 valence electrons. The predicted molar refractivity (Wildman–Crippen MR) is 71.0 cm³/mol. The molecule has 4 heteroatoms. The smallest absolute Gasteiger partial charge is 0.131 e. The summed E-state index contributed by atoms with van der Waals surface area (Å²) in [6.45, 7) is 5.38. The van der Waals surface area contributed by atoms with E-state index in [2.05, 4.69) is 5.32 Å². The first-order chi connectivity index (χ1) is 9.07. The van der Waals surface area contributed by atoms with Gasteiger partial charge in [-0.05, 0) is 38.8 Å². The fourth-order valence-electron chi connectivity index (χ4n) is 2.78. The van der Waals surface area contributed by atoms with Gasteiger partial charge < -0.3 is 10.1 Å². The van der Waals surface area contributed by atoms with Crippen LogP contribution >= 0.6 is 0 Å². The number of rotatable bonds is 4. The summed E-state index contributed by atoms with van der Waals surface area (Å²) >= 11 is 0. The molecule has 2 unspecified atom stereocenters. The third-order valence-electron chi connectivity index (χ3n) is 3.79. The van der Waals surface area contributed by atoms with E-state index in [-0.39, 0.29) is 6.04 Å². The van der Waals surface area contributed by atoms with Crippen LogP contribution < -0.4 is 5.32 Å². The van der Waals surface area contributed by atoms with Crippen molar-refractivity contribution in [3.8, 4) is 0 Å². The molecule has 1 heterocycles. The fraction of sp³-hybridized carbons (Fsp3) is 0.600. The minimum Gasteiger partial charge on any atom is -0.373 e. The lowest BCUT2D eigenvalue weighted by Crippen LogP contribution is -2.46. The third kappa shape index (κ3) is 3.12. The van der Waals surface area contributed by atoms with Gasteiger partial charge in [0.15, 0.2) is 0 Å². The molecule has 0 aliphatic carbocycles. The Morgan fingerprint density at radius 3 is 2.74 bits per heavy atom. The summed E-state index contributed by atoms with van der Waals surface area (Å²) < 4.78 is 33.0. The second kappa shape index (κ2) is 5.97. The van der Waals surface area contributed by atoms with E-state index in [1.54, 1.807) is 0 Å². The zero-order valence-corrected chi connectivity index (χ0v) is 11.5. The van der Waals surface area contributed by atoms with Gasteiger partial charge in [-0.25, -0.2) is 8.78 Å². The van der Waals surface area contributed by atoms with E-state index in [0.717, 1.165) is 25.3 Å². The lowest BCUT2D eigenvalue weighted by atomic mass is 9.84. The highest BCUT2D eigenvalue weighted by Gasteiger charge is 2.38. The Bertz CT molecular complexity index is 430. The molecule has 2 atom stereocenters. The Labute approximate surface area is 113 Å². The van der Waals surface area contributed by atoms with E-state index in [1.165, 1.54) is 12.1 Å². The van der Waals surface area contributed by atoms with Crippen LogP contribution in [0.15, 0.2) is 18.2 Å². The van der Waals surface area contributed by atoms with Gasteiger partial charge in [-0.1, -0.05) is 13.0 Å². The van der Waals surface area contributed by atoms with Crippen molar-refractivity contribution in [1.82, 2.24) is 5.32 Å². The Hall–Kier alpha value is -1.00. The van der Waals surface area contributed by atoms with Crippen molar-refractivity contribution in [2.75, 3.05) is 13.2 Å². The molecule has 0 radical (unpaired) electrons. The van der Waals surface area contributed by atoms with E-state index in [1.807, 2.05) is 13.8 Å². The third-order valence-corrected chi connectivity index (χ3v) is 3.79. The van der Waals surface area contributed by atoms with Gasteiger partial charge in [-0.2, -0.15) is 0 Å². The summed E-state index contributed by atoms with van der Waals surface area (Å²) in [5.74, 6) is -1.06. The number of likely N-dealkylation sites (N-methyl/N-ethyl adjacent to an activating group) is 1.